The average Bonchev–Trinajstić information content (AvgIpc) is 3.08. The zero-order valence-electron chi connectivity index (χ0n) is 14.8. The Balaban J connectivity index is 1.88. The summed E-state index contributed by atoms with van der Waals surface area (Å²) < 4.78 is 60.4. The van der Waals surface area contributed by atoms with E-state index in [1.807, 2.05) is 5.32 Å². The van der Waals surface area contributed by atoms with E-state index >= 15 is 0 Å². The summed E-state index contributed by atoms with van der Waals surface area (Å²) in [5, 5.41) is 3.24. The van der Waals surface area contributed by atoms with Crippen LogP contribution in [0.15, 0.2) is 50.7 Å². The molecule has 3 aromatic rings. The lowest BCUT2D eigenvalue weighted by molar-refractivity contribution is -0.704. The summed E-state index contributed by atoms with van der Waals surface area (Å²) in [4.78, 5) is 24.5. The molecule has 0 saturated heterocycles. The van der Waals surface area contributed by atoms with Gasteiger partial charge in [0, 0.05) is 18.2 Å². The number of anilines is 1. The van der Waals surface area contributed by atoms with Gasteiger partial charge in [-0.1, -0.05) is 25.1 Å². The molecular formula is C18H14F4N3O3S+. The molecule has 11 heteroatoms. The predicted molar refractivity (Wildman–Crippen MR) is 95.7 cm³/mol. The molecule has 29 heavy (non-hydrogen) atoms. The van der Waals surface area contributed by atoms with Crippen LogP contribution in [0.5, 0.6) is 0 Å². The lowest BCUT2D eigenvalue weighted by atomic mass is 10.2. The van der Waals surface area contributed by atoms with Gasteiger partial charge in [0.05, 0.1) is 5.25 Å². The molecule has 0 radical (unpaired) electrons. The van der Waals surface area contributed by atoms with Gasteiger partial charge in [0.25, 0.3) is 0 Å². The minimum atomic E-state index is -1.72. The molecule has 0 aliphatic rings. The Morgan fingerprint density at radius 2 is 1.79 bits per heavy atom. The Kier molecular flexibility index (Phi) is 6.06. The highest BCUT2D eigenvalue weighted by atomic mass is 32.2. The van der Waals surface area contributed by atoms with Crippen molar-refractivity contribution < 1.29 is 31.6 Å². The molecular weight excluding hydrogens is 414 g/mol. The van der Waals surface area contributed by atoms with E-state index in [2.05, 4.69) is 5.27 Å². The van der Waals surface area contributed by atoms with Gasteiger partial charge in [0.1, 0.15) is 5.69 Å². The number of carbonyl (C=O) groups is 1. The number of benzene rings is 2. The highest BCUT2D eigenvalue weighted by Crippen LogP contribution is 2.27. The van der Waals surface area contributed by atoms with Crippen LogP contribution in [0, 0.1) is 23.3 Å². The van der Waals surface area contributed by atoms with Gasteiger partial charge < -0.3 is 5.32 Å². The number of thioether (sulfide) groups is 1. The van der Waals surface area contributed by atoms with E-state index in [4.69, 9.17) is 4.52 Å². The molecule has 1 unspecified atom stereocenters. The summed E-state index contributed by atoms with van der Waals surface area (Å²) in [5.74, 6) is -7.68. The van der Waals surface area contributed by atoms with Crippen LogP contribution in [0.25, 0.3) is 5.69 Å². The van der Waals surface area contributed by atoms with Crippen LogP contribution in [-0.2, 0) is 4.79 Å². The maximum atomic E-state index is 13.8. The highest BCUT2D eigenvalue weighted by Gasteiger charge is 2.31. The lowest BCUT2D eigenvalue weighted by Crippen LogP contribution is -2.37. The molecule has 0 aliphatic heterocycles. The van der Waals surface area contributed by atoms with Gasteiger partial charge in [-0.15, -0.1) is 0 Å². The molecule has 152 valence electrons. The molecule has 2 aromatic carbocycles. The van der Waals surface area contributed by atoms with Crippen molar-refractivity contribution in [1.29, 1.82) is 0 Å². The van der Waals surface area contributed by atoms with Crippen molar-refractivity contribution in [2.45, 2.75) is 23.6 Å². The first-order valence-corrected chi connectivity index (χ1v) is 9.20. The van der Waals surface area contributed by atoms with Crippen molar-refractivity contribution >= 4 is 23.4 Å². The fourth-order valence-corrected chi connectivity index (χ4v) is 3.44. The summed E-state index contributed by atoms with van der Waals surface area (Å²) in [7, 11) is 0. The van der Waals surface area contributed by atoms with E-state index in [1.165, 1.54) is 4.68 Å². The molecule has 3 rings (SSSR count). The number of hydrogen-bond donors (Lipinski definition) is 2. The number of nitrogens with zero attached hydrogens (tertiary/aromatic N) is 1. The van der Waals surface area contributed by atoms with E-state index in [0.717, 1.165) is 11.8 Å². The van der Waals surface area contributed by atoms with Crippen molar-refractivity contribution in [3.63, 3.8) is 0 Å². The van der Waals surface area contributed by atoms with Crippen LogP contribution in [0.1, 0.15) is 13.3 Å². The highest BCUT2D eigenvalue weighted by molar-refractivity contribution is 8.00. The third kappa shape index (κ3) is 4.19. The number of halogens is 4. The molecule has 0 saturated carbocycles. The van der Waals surface area contributed by atoms with Crippen LogP contribution >= 0.6 is 11.8 Å². The summed E-state index contributed by atoms with van der Waals surface area (Å²) in [6, 6.07) is 8.60. The first-order valence-electron chi connectivity index (χ1n) is 8.33. The molecule has 0 bridgehead atoms. The molecule has 0 fully saturated rings. The largest absolute Gasteiger partial charge is 0.442 e. The maximum Gasteiger partial charge on any atom is 0.442 e. The van der Waals surface area contributed by atoms with E-state index in [-0.39, 0.29) is 17.5 Å². The van der Waals surface area contributed by atoms with Crippen molar-refractivity contribution in [2.24, 2.45) is 0 Å². The standard InChI is InChI=1S/C18H13F4N3O3S/c1-2-12(16(26)23-15-13(21)10(19)8-11(20)14(15)22)29-17-18(27)28-24-25(17)9-6-4-3-5-7-9/h3-8,12H,2H2,1H3,(H-,23,24,26,27)/p+1. The molecule has 2 N–H and O–H groups in total. The number of aromatic amines is 1. The SMILES string of the molecule is CCC(Sc1c(=O)o[nH][n+]1-c1ccccc1)C(=O)Nc1c(F)c(F)cc(F)c1F. The number of carbonyl (C=O) groups excluding carboxylic acids is 1. The van der Waals surface area contributed by atoms with E-state index < -0.39 is 45.7 Å². The lowest BCUT2D eigenvalue weighted by Gasteiger charge is -2.13. The van der Waals surface area contributed by atoms with E-state index in [9.17, 15) is 27.2 Å². The fraction of sp³-hybridized carbons (Fsp3) is 0.167. The van der Waals surface area contributed by atoms with Gasteiger partial charge in [-0.25, -0.2) is 22.4 Å². The monoisotopic (exact) mass is 428 g/mol. The zero-order chi connectivity index (χ0) is 21.1. The van der Waals surface area contributed by atoms with Crippen LogP contribution in [0.3, 0.4) is 0 Å². The second-order valence-corrected chi connectivity index (χ2v) is 7.00. The van der Waals surface area contributed by atoms with Gasteiger partial charge in [-0.05, 0) is 28.1 Å². The quantitative estimate of drug-likeness (QED) is 0.273. The first-order chi connectivity index (χ1) is 13.8. The zero-order valence-corrected chi connectivity index (χ0v) is 15.7. The summed E-state index contributed by atoms with van der Waals surface area (Å²) in [6.07, 6.45) is 0.136. The third-order valence-corrected chi connectivity index (χ3v) is 5.30. The van der Waals surface area contributed by atoms with Gasteiger partial charge >= 0.3 is 10.7 Å². The summed E-state index contributed by atoms with van der Waals surface area (Å²) in [5.41, 5.74) is -1.46. The van der Waals surface area contributed by atoms with Crippen molar-refractivity contribution in [1.82, 2.24) is 5.27 Å². The molecule has 1 heterocycles. The summed E-state index contributed by atoms with van der Waals surface area (Å²) in [6.45, 7) is 1.59. The van der Waals surface area contributed by atoms with Crippen LogP contribution in [0.4, 0.5) is 23.2 Å². The van der Waals surface area contributed by atoms with Crippen molar-refractivity contribution in [2.75, 3.05) is 5.32 Å². The number of rotatable bonds is 6. The van der Waals surface area contributed by atoms with Crippen molar-refractivity contribution in [3.8, 4) is 5.69 Å². The van der Waals surface area contributed by atoms with Gasteiger partial charge in [-0.3, -0.25) is 9.32 Å². The molecule has 1 atom stereocenters. The van der Waals surface area contributed by atoms with Gasteiger partial charge in [0.15, 0.2) is 23.3 Å². The normalized spacial score (nSPS) is 12.0. The number of nitrogens with one attached hydrogen (secondary N) is 2. The number of para-hydroxylation sites is 1. The Morgan fingerprint density at radius 3 is 2.38 bits per heavy atom. The van der Waals surface area contributed by atoms with Crippen LogP contribution in [-0.4, -0.2) is 16.4 Å². The minimum absolute atomic E-state index is 0.00423. The predicted octanol–water partition coefficient (Wildman–Crippen LogP) is 3.31. The average molecular weight is 428 g/mol. The number of H-pyrrole nitrogens is 1. The smallest absolute Gasteiger partial charge is 0.320 e. The van der Waals surface area contributed by atoms with Crippen molar-refractivity contribution in [3.05, 3.63) is 70.1 Å². The van der Waals surface area contributed by atoms with Gasteiger partial charge in [0.2, 0.25) is 11.6 Å². The Labute approximate surface area is 165 Å². The molecule has 0 aliphatic carbocycles. The van der Waals surface area contributed by atoms with E-state index in [0.29, 0.717) is 5.69 Å². The van der Waals surface area contributed by atoms with Gasteiger partial charge in [-0.2, -0.15) is 0 Å². The molecule has 0 spiro atoms. The van der Waals surface area contributed by atoms with Crippen LogP contribution < -0.4 is 15.6 Å². The van der Waals surface area contributed by atoms with E-state index in [1.54, 1.807) is 37.3 Å². The van der Waals surface area contributed by atoms with Crippen LogP contribution in [0.2, 0.25) is 0 Å². The first kappa shape index (κ1) is 20.6. The topological polar surface area (TPSA) is 79.0 Å². The second kappa shape index (κ2) is 8.52. The molecule has 6 nitrogen and oxygen atoms in total. The number of amides is 1. The fourth-order valence-electron chi connectivity index (χ4n) is 2.45. The Hall–Kier alpha value is -3.08. The summed E-state index contributed by atoms with van der Waals surface area (Å²) >= 11 is 0.772. The number of hydrogen-bond acceptors (Lipinski definition) is 4. The maximum absolute atomic E-state index is 13.8. The molecule has 1 aromatic heterocycles. The number of aromatic nitrogens is 2. The Morgan fingerprint density at radius 1 is 1.17 bits per heavy atom. The second-order valence-electron chi connectivity index (χ2n) is 5.80. The minimum Gasteiger partial charge on any atom is -0.320 e. The Bertz CT molecular complexity index is 1080. The third-order valence-electron chi connectivity index (χ3n) is 3.90. The molecule has 1 amide bonds.